The van der Waals surface area contributed by atoms with E-state index in [1.54, 1.807) is 36.6 Å². The van der Waals surface area contributed by atoms with Crippen LogP contribution in [0.3, 0.4) is 0 Å². The summed E-state index contributed by atoms with van der Waals surface area (Å²) in [5, 5.41) is 9.68. The van der Waals surface area contributed by atoms with Crippen LogP contribution in [0.4, 0.5) is 5.00 Å². The minimum atomic E-state index is -0.636. The molecular formula is C24H20BrN3O4S. The zero-order chi connectivity index (χ0) is 23.7. The first-order chi connectivity index (χ1) is 15.8. The van der Waals surface area contributed by atoms with Crippen molar-refractivity contribution < 1.29 is 14.3 Å². The van der Waals surface area contributed by atoms with Crippen LogP contribution in [0.5, 0.6) is 0 Å². The van der Waals surface area contributed by atoms with Gasteiger partial charge in [0.25, 0.3) is 11.5 Å². The van der Waals surface area contributed by atoms with E-state index < -0.39 is 11.5 Å². The molecule has 168 valence electrons. The molecule has 4 rings (SSSR count). The molecule has 1 N–H and O–H groups in total. The van der Waals surface area contributed by atoms with Gasteiger partial charge in [0.2, 0.25) is 0 Å². The molecule has 2 aromatic heterocycles. The molecule has 0 aliphatic carbocycles. The number of carbonyl (C=O) groups excluding carboxylic acids is 2. The monoisotopic (exact) mass is 525 g/mol. The highest BCUT2D eigenvalue weighted by Gasteiger charge is 2.23. The number of hydrogen-bond acceptors (Lipinski definition) is 6. The van der Waals surface area contributed by atoms with Crippen LogP contribution in [0.1, 0.15) is 38.9 Å². The lowest BCUT2D eigenvalue weighted by Gasteiger charge is -2.11. The minimum Gasteiger partial charge on any atom is -0.461 e. The number of rotatable bonds is 5. The molecule has 9 heteroatoms. The lowest BCUT2D eigenvalue weighted by atomic mass is 10.1. The quantitative estimate of drug-likeness (QED) is 0.359. The first kappa shape index (κ1) is 22.9. The van der Waals surface area contributed by atoms with Gasteiger partial charge in [-0.25, -0.2) is 4.79 Å². The van der Waals surface area contributed by atoms with Crippen LogP contribution in [0, 0.1) is 13.8 Å². The number of ether oxygens (including phenoxy) is 1. The number of aryl methyl sites for hydroxylation is 2. The molecule has 7 nitrogen and oxygen atoms in total. The van der Waals surface area contributed by atoms with Gasteiger partial charge in [-0.3, -0.25) is 9.59 Å². The predicted octanol–water partition coefficient (Wildman–Crippen LogP) is 5.26. The van der Waals surface area contributed by atoms with Crippen molar-refractivity contribution in [2.24, 2.45) is 0 Å². The largest absolute Gasteiger partial charge is 0.461 e. The molecule has 0 aliphatic rings. The number of nitrogens with zero attached hydrogens (tertiary/aromatic N) is 2. The number of carbonyl (C=O) groups is 2. The van der Waals surface area contributed by atoms with E-state index in [2.05, 4.69) is 26.3 Å². The molecule has 0 spiro atoms. The number of benzene rings is 2. The summed E-state index contributed by atoms with van der Waals surface area (Å²) in [5.74, 6) is -1.01. The van der Waals surface area contributed by atoms with Crippen molar-refractivity contribution in [1.82, 2.24) is 9.78 Å². The summed E-state index contributed by atoms with van der Waals surface area (Å²) in [7, 11) is 0. The van der Waals surface area contributed by atoms with Gasteiger partial charge >= 0.3 is 5.97 Å². The molecule has 0 bridgehead atoms. The van der Waals surface area contributed by atoms with Gasteiger partial charge in [0, 0.05) is 20.8 Å². The molecule has 0 fully saturated rings. The maximum absolute atomic E-state index is 13.5. The van der Waals surface area contributed by atoms with Crippen molar-refractivity contribution in [3.05, 3.63) is 85.1 Å². The second-order valence-electron chi connectivity index (χ2n) is 7.37. The number of halogens is 1. The predicted molar refractivity (Wildman–Crippen MR) is 133 cm³/mol. The third kappa shape index (κ3) is 4.46. The Kier molecular flexibility index (Phi) is 6.44. The fourth-order valence-electron chi connectivity index (χ4n) is 3.33. The topological polar surface area (TPSA) is 90.3 Å². The maximum atomic E-state index is 13.5. The second-order valence-corrected chi connectivity index (χ2v) is 9.17. The number of esters is 1. The number of aromatic nitrogens is 2. The number of amides is 1. The molecule has 2 heterocycles. The van der Waals surface area contributed by atoms with E-state index in [4.69, 9.17) is 4.74 Å². The Morgan fingerprint density at radius 3 is 2.64 bits per heavy atom. The third-order valence-electron chi connectivity index (χ3n) is 5.17. The lowest BCUT2D eigenvalue weighted by molar-refractivity contribution is 0.0520. The molecule has 33 heavy (non-hydrogen) atoms. The standard InChI is InChI=1S/C24H20BrN3O4S/c1-4-32-24(31)20-18-12-33-22(26-21(29)15-6-5-7-16(25)11-15)19(18)23(30)28(27-20)17-9-8-13(2)14(3)10-17/h5-12H,4H2,1-3H3,(H,26,29). The first-order valence-electron chi connectivity index (χ1n) is 10.2. The smallest absolute Gasteiger partial charge is 0.359 e. The molecular weight excluding hydrogens is 506 g/mol. The van der Waals surface area contributed by atoms with Gasteiger partial charge in [-0.15, -0.1) is 11.3 Å². The Hall–Kier alpha value is -3.30. The summed E-state index contributed by atoms with van der Waals surface area (Å²) in [4.78, 5) is 39.0. The van der Waals surface area contributed by atoms with Gasteiger partial charge in [-0.1, -0.05) is 28.1 Å². The molecule has 0 aliphatic heterocycles. The third-order valence-corrected chi connectivity index (χ3v) is 6.56. The molecule has 0 unspecified atom stereocenters. The summed E-state index contributed by atoms with van der Waals surface area (Å²) in [6, 6.07) is 12.4. The van der Waals surface area contributed by atoms with Gasteiger partial charge in [-0.05, 0) is 62.2 Å². The zero-order valence-electron chi connectivity index (χ0n) is 18.1. The van der Waals surface area contributed by atoms with E-state index in [-0.39, 0.29) is 23.6 Å². The molecule has 1 amide bonds. The molecule has 0 saturated carbocycles. The molecule has 0 atom stereocenters. The highest BCUT2D eigenvalue weighted by atomic mass is 79.9. The van der Waals surface area contributed by atoms with Crippen LogP contribution in [0.15, 0.2) is 57.1 Å². The fraction of sp³-hybridized carbons (Fsp3) is 0.167. The molecule has 2 aromatic carbocycles. The highest BCUT2D eigenvalue weighted by molar-refractivity contribution is 9.10. The van der Waals surface area contributed by atoms with E-state index in [0.717, 1.165) is 26.9 Å². The van der Waals surface area contributed by atoms with E-state index in [1.165, 1.54) is 4.68 Å². The number of anilines is 1. The van der Waals surface area contributed by atoms with Crippen molar-refractivity contribution in [1.29, 1.82) is 0 Å². The van der Waals surface area contributed by atoms with E-state index in [0.29, 0.717) is 21.6 Å². The summed E-state index contributed by atoms with van der Waals surface area (Å²) >= 11 is 4.51. The highest BCUT2D eigenvalue weighted by Crippen LogP contribution is 2.31. The molecule has 0 saturated heterocycles. The average molecular weight is 526 g/mol. The van der Waals surface area contributed by atoms with Gasteiger partial charge in [0.05, 0.1) is 17.7 Å². The Labute approximate surface area is 202 Å². The normalized spacial score (nSPS) is 10.9. The van der Waals surface area contributed by atoms with Gasteiger partial charge in [0.15, 0.2) is 5.69 Å². The van der Waals surface area contributed by atoms with Gasteiger partial charge in [0.1, 0.15) is 5.00 Å². The zero-order valence-corrected chi connectivity index (χ0v) is 20.5. The van der Waals surface area contributed by atoms with E-state index >= 15 is 0 Å². The Bertz CT molecular complexity index is 1460. The van der Waals surface area contributed by atoms with Gasteiger partial charge in [-0.2, -0.15) is 9.78 Å². The molecule has 4 aromatic rings. The van der Waals surface area contributed by atoms with Crippen LogP contribution in [-0.2, 0) is 4.74 Å². The Balaban J connectivity index is 1.90. The number of nitrogens with one attached hydrogen (secondary N) is 1. The van der Waals surface area contributed by atoms with Crippen molar-refractivity contribution >= 4 is 54.9 Å². The van der Waals surface area contributed by atoms with Crippen LogP contribution in [0.25, 0.3) is 16.5 Å². The second kappa shape index (κ2) is 9.29. The van der Waals surface area contributed by atoms with Crippen LogP contribution < -0.4 is 10.9 Å². The van der Waals surface area contributed by atoms with Crippen LogP contribution in [-0.4, -0.2) is 28.3 Å². The van der Waals surface area contributed by atoms with Crippen molar-refractivity contribution in [3.63, 3.8) is 0 Å². The SMILES string of the molecule is CCOC(=O)c1nn(-c2ccc(C)c(C)c2)c(=O)c2c(NC(=O)c3cccc(Br)c3)scc12. The maximum Gasteiger partial charge on any atom is 0.359 e. The van der Waals surface area contributed by atoms with Crippen molar-refractivity contribution in [2.75, 3.05) is 11.9 Å². The summed E-state index contributed by atoms with van der Waals surface area (Å²) in [6.07, 6.45) is 0. The molecule has 0 radical (unpaired) electrons. The van der Waals surface area contributed by atoms with Crippen molar-refractivity contribution in [2.45, 2.75) is 20.8 Å². The first-order valence-corrected chi connectivity index (χ1v) is 11.8. The number of fused-ring (bicyclic) bond motifs is 1. The van der Waals surface area contributed by atoms with Crippen LogP contribution >= 0.6 is 27.3 Å². The lowest BCUT2D eigenvalue weighted by Crippen LogP contribution is -2.25. The van der Waals surface area contributed by atoms with Crippen LogP contribution in [0.2, 0.25) is 0 Å². The average Bonchev–Trinajstić information content (AvgIpc) is 3.20. The Morgan fingerprint density at radius 1 is 1.15 bits per heavy atom. The van der Waals surface area contributed by atoms with Gasteiger partial charge < -0.3 is 10.1 Å². The number of thiophene rings is 1. The van der Waals surface area contributed by atoms with E-state index in [9.17, 15) is 14.4 Å². The Morgan fingerprint density at radius 2 is 1.94 bits per heavy atom. The van der Waals surface area contributed by atoms with E-state index in [1.807, 2.05) is 32.0 Å². The fourth-order valence-corrected chi connectivity index (χ4v) is 4.66. The minimum absolute atomic E-state index is 0.0175. The summed E-state index contributed by atoms with van der Waals surface area (Å²) < 4.78 is 7.12. The summed E-state index contributed by atoms with van der Waals surface area (Å²) in [6.45, 7) is 5.77. The van der Waals surface area contributed by atoms with Crippen molar-refractivity contribution in [3.8, 4) is 5.69 Å². The number of hydrogen-bond donors (Lipinski definition) is 1. The summed E-state index contributed by atoms with van der Waals surface area (Å²) in [5.41, 5.74) is 2.57.